The number of fused-ring (bicyclic) bond motifs is 1. The molecule has 0 fully saturated rings. The molecule has 0 unspecified atom stereocenters. The Bertz CT molecular complexity index is 1000. The van der Waals surface area contributed by atoms with E-state index >= 15 is 0 Å². The summed E-state index contributed by atoms with van der Waals surface area (Å²) < 4.78 is 27.0. The molecule has 0 radical (unpaired) electrons. The van der Waals surface area contributed by atoms with Crippen LogP contribution in [0.2, 0.25) is 0 Å². The quantitative estimate of drug-likeness (QED) is 0.436. The van der Waals surface area contributed by atoms with Gasteiger partial charge < -0.3 is 4.90 Å². The van der Waals surface area contributed by atoms with E-state index < -0.39 is 10.0 Å². The Morgan fingerprint density at radius 2 is 2.00 bits per heavy atom. The maximum absolute atomic E-state index is 13.1. The number of nitrogens with one attached hydrogen (secondary N) is 1. The molecule has 164 valence electrons. The Morgan fingerprint density at radius 1 is 1.23 bits per heavy atom. The van der Waals surface area contributed by atoms with Gasteiger partial charge >= 0.3 is 0 Å². The van der Waals surface area contributed by atoms with Gasteiger partial charge in [0.1, 0.15) is 5.56 Å². The number of hydrogen-bond donors (Lipinski definition) is 1. The molecule has 0 saturated carbocycles. The van der Waals surface area contributed by atoms with Gasteiger partial charge in [-0.1, -0.05) is 32.6 Å². The van der Waals surface area contributed by atoms with Gasteiger partial charge in [-0.25, -0.2) is 8.42 Å². The number of sulfonamides is 1. The van der Waals surface area contributed by atoms with Crippen LogP contribution >= 0.6 is 11.8 Å². The Morgan fingerprint density at radius 3 is 2.73 bits per heavy atom. The summed E-state index contributed by atoms with van der Waals surface area (Å²) in [4.78, 5) is 16.1. The van der Waals surface area contributed by atoms with Crippen molar-refractivity contribution >= 4 is 39.2 Å². The predicted octanol–water partition coefficient (Wildman–Crippen LogP) is 4.06. The lowest BCUT2D eigenvalue weighted by Crippen LogP contribution is -2.29. The van der Waals surface area contributed by atoms with Crippen LogP contribution in [-0.2, 0) is 23.5 Å². The van der Waals surface area contributed by atoms with Crippen molar-refractivity contribution in [1.29, 1.82) is 0 Å². The molecule has 1 aliphatic heterocycles. The third-order valence-corrected chi connectivity index (χ3v) is 6.69. The zero-order chi connectivity index (χ0) is 21.7. The number of thioether (sulfide) groups is 1. The summed E-state index contributed by atoms with van der Waals surface area (Å²) >= 11 is 1.87. The van der Waals surface area contributed by atoms with Crippen molar-refractivity contribution in [2.24, 2.45) is 7.05 Å². The minimum absolute atomic E-state index is 0.0636. The summed E-state index contributed by atoms with van der Waals surface area (Å²) in [5.41, 5.74) is 2.30. The Balaban J connectivity index is 1.68. The highest BCUT2D eigenvalue weighted by atomic mass is 32.2. The van der Waals surface area contributed by atoms with Crippen LogP contribution in [0.1, 0.15) is 54.9 Å². The van der Waals surface area contributed by atoms with Gasteiger partial charge in [0.2, 0.25) is 10.0 Å². The molecule has 2 aromatic rings. The van der Waals surface area contributed by atoms with Crippen molar-refractivity contribution < 1.29 is 13.2 Å². The number of carbonyl (C=O) groups is 1. The van der Waals surface area contributed by atoms with E-state index in [1.165, 1.54) is 41.7 Å². The first-order valence-electron chi connectivity index (χ1n) is 10.4. The molecular weight excluding hydrogens is 420 g/mol. The van der Waals surface area contributed by atoms with Crippen molar-refractivity contribution in [2.45, 2.75) is 50.3 Å². The van der Waals surface area contributed by atoms with Crippen molar-refractivity contribution in [1.82, 2.24) is 9.78 Å². The Labute approximate surface area is 183 Å². The van der Waals surface area contributed by atoms with E-state index in [9.17, 15) is 13.2 Å². The molecule has 0 saturated heterocycles. The minimum Gasteiger partial charge on any atom is -0.308 e. The summed E-state index contributed by atoms with van der Waals surface area (Å²) in [6, 6.07) is 6.25. The Kier molecular flexibility index (Phi) is 7.46. The van der Waals surface area contributed by atoms with E-state index in [0.717, 1.165) is 29.7 Å². The maximum Gasteiger partial charge on any atom is 0.263 e. The number of aryl methyl sites for hydroxylation is 1. The van der Waals surface area contributed by atoms with Crippen molar-refractivity contribution in [3.05, 3.63) is 35.5 Å². The van der Waals surface area contributed by atoms with Gasteiger partial charge in [-0.15, -0.1) is 11.8 Å². The number of amides is 1. The van der Waals surface area contributed by atoms with E-state index in [2.05, 4.69) is 28.9 Å². The van der Waals surface area contributed by atoms with Crippen molar-refractivity contribution in [3.63, 3.8) is 0 Å². The van der Waals surface area contributed by atoms with Crippen LogP contribution < -0.4 is 9.62 Å². The molecule has 3 rings (SSSR count). The first kappa shape index (κ1) is 22.7. The van der Waals surface area contributed by atoms with Gasteiger partial charge in [-0.05, 0) is 42.4 Å². The number of hydrogen-bond acceptors (Lipinski definition) is 5. The normalized spacial score (nSPS) is 13.5. The fourth-order valence-electron chi connectivity index (χ4n) is 3.62. The molecular formula is C21H30N4O3S2. The van der Waals surface area contributed by atoms with Crippen LogP contribution in [0.4, 0.5) is 11.5 Å². The average molecular weight is 451 g/mol. The molecule has 30 heavy (non-hydrogen) atoms. The van der Waals surface area contributed by atoms with Crippen LogP contribution in [0.3, 0.4) is 0 Å². The number of rotatable bonds is 10. The van der Waals surface area contributed by atoms with Crippen LogP contribution in [0.5, 0.6) is 0 Å². The van der Waals surface area contributed by atoms with E-state index in [4.69, 9.17) is 0 Å². The largest absolute Gasteiger partial charge is 0.308 e. The molecule has 0 atom stereocenters. The number of nitrogens with zero attached hydrogens (tertiary/aromatic N) is 3. The number of carbonyl (C=O) groups excluding carboxylic acids is 1. The van der Waals surface area contributed by atoms with Crippen molar-refractivity contribution in [3.8, 4) is 0 Å². The molecule has 2 heterocycles. The van der Waals surface area contributed by atoms with Gasteiger partial charge in [0, 0.05) is 30.4 Å². The minimum atomic E-state index is -3.53. The zero-order valence-corrected chi connectivity index (χ0v) is 19.5. The van der Waals surface area contributed by atoms with Gasteiger partial charge in [0.25, 0.3) is 5.91 Å². The first-order chi connectivity index (χ1) is 14.3. The van der Waals surface area contributed by atoms with Gasteiger partial charge in [0.15, 0.2) is 5.82 Å². The predicted molar refractivity (Wildman–Crippen MR) is 123 cm³/mol. The maximum atomic E-state index is 13.1. The van der Waals surface area contributed by atoms with Crippen LogP contribution in [0, 0.1) is 0 Å². The number of benzene rings is 1. The zero-order valence-electron chi connectivity index (χ0n) is 17.8. The van der Waals surface area contributed by atoms with Crippen molar-refractivity contribution in [2.75, 3.05) is 28.2 Å². The second-order valence-electron chi connectivity index (χ2n) is 7.70. The lowest BCUT2D eigenvalue weighted by atomic mass is 10.2. The van der Waals surface area contributed by atoms with Crippen LogP contribution in [-0.4, -0.2) is 42.7 Å². The monoisotopic (exact) mass is 450 g/mol. The van der Waals surface area contributed by atoms with Gasteiger partial charge in [-0.3, -0.25) is 14.2 Å². The van der Waals surface area contributed by atoms with E-state index in [-0.39, 0.29) is 17.3 Å². The SMILES string of the molecule is CCCCCCCSc1ccc2c(c1)CCN2C(=O)c1cn(C)nc1NS(C)(=O)=O. The molecule has 1 aromatic heterocycles. The highest BCUT2D eigenvalue weighted by molar-refractivity contribution is 7.99. The van der Waals surface area contributed by atoms with Gasteiger partial charge in [0.05, 0.1) is 6.26 Å². The van der Waals surface area contributed by atoms with E-state index in [1.54, 1.807) is 18.1 Å². The number of aromatic nitrogens is 2. The highest BCUT2D eigenvalue weighted by Crippen LogP contribution is 2.34. The molecule has 0 spiro atoms. The standard InChI is InChI=1S/C21H30N4O3S2/c1-4-5-6-7-8-13-29-17-9-10-19-16(14-17)11-12-25(19)21(26)18-15-24(2)22-20(18)23-30(3,27)28/h9-10,14-15H,4-8,11-13H2,1-3H3,(H,22,23). The molecule has 0 aliphatic carbocycles. The third-order valence-electron chi connectivity index (χ3n) is 5.05. The lowest BCUT2D eigenvalue weighted by molar-refractivity contribution is 0.0990. The summed E-state index contributed by atoms with van der Waals surface area (Å²) in [7, 11) is -1.86. The molecule has 1 aliphatic rings. The number of unbranched alkanes of at least 4 members (excludes halogenated alkanes) is 4. The summed E-state index contributed by atoms with van der Waals surface area (Å²) in [6.07, 6.45) is 9.78. The second kappa shape index (κ2) is 9.87. The molecule has 7 nitrogen and oxygen atoms in total. The summed E-state index contributed by atoms with van der Waals surface area (Å²) in [5, 5.41) is 4.09. The number of anilines is 2. The smallest absolute Gasteiger partial charge is 0.263 e. The van der Waals surface area contributed by atoms with E-state index in [1.807, 2.05) is 17.8 Å². The fraction of sp³-hybridized carbons (Fsp3) is 0.524. The second-order valence-corrected chi connectivity index (χ2v) is 10.6. The molecule has 1 aromatic carbocycles. The van der Waals surface area contributed by atoms with Crippen LogP contribution in [0.25, 0.3) is 0 Å². The summed E-state index contributed by atoms with van der Waals surface area (Å²) in [5.74, 6) is 0.930. The molecule has 1 amide bonds. The third kappa shape index (κ3) is 5.78. The van der Waals surface area contributed by atoms with E-state index in [0.29, 0.717) is 6.54 Å². The topological polar surface area (TPSA) is 84.3 Å². The first-order valence-corrected chi connectivity index (χ1v) is 13.2. The van der Waals surface area contributed by atoms with Crippen LogP contribution in [0.15, 0.2) is 29.3 Å². The molecule has 1 N–H and O–H groups in total. The molecule has 9 heteroatoms. The molecule has 0 bridgehead atoms. The average Bonchev–Trinajstić information content (AvgIpc) is 3.25. The summed E-state index contributed by atoms with van der Waals surface area (Å²) in [6.45, 7) is 2.80. The highest BCUT2D eigenvalue weighted by Gasteiger charge is 2.29. The Hall–Kier alpha value is -2.00. The fourth-order valence-corrected chi connectivity index (χ4v) is 5.09. The lowest BCUT2D eigenvalue weighted by Gasteiger charge is -2.17. The van der Waals surface area contributed by atoms with Gasteiger partial charge in [-0.2, -0.15) is 5.10 Å².